The molecule has 3 aromatic rings. The van der Waals surface area contributed by atoms with E-state index in [4.69, 9.17) is 4.74 Å². The number of esters is 1. The van der Waals surface area contributed by atoms with E-state index < -0.39 is 5.97 Å². The zero-order valence-corrected chi connectivity index (χ0v) is 14.8. The quantitative estimate of drug-likeness (QED) is 0.705. The number of thiophene rings is 1. The summed E-state index contributed by atoms with van der Waals surface area (Å²) in [5.41, 5.74) is 1.83. The Morgan fingerprint density at radius 2 is 2.36 bits per heavy atom. The number of carbonyl (C=O) groups is 1. The fraction of sp³-hybridized carbons (Fsp3) is 0.353. The molecule has 3 aromatic heterocycles. The van der Waals surface area contributed by atoms with Crippen LogP contribution in [0, 0.1) is 0 Å². The number of ether oxygens (including phenoxy) is 1. The average molecular weight is 357 g/mol. The Labute approximate surface area is 149 Å². The Hall–Kier alpha value is -2.45. The molecule has 7 nitrogen and oxygen atoms in total. The fourth-order valence-corrected chi connectivity index (χ4v) is 3.95. The number of hydrogen-bond acceptors (Lipinski definition) is 7. The molecule has 25 heavy (non-hydrogen) atoms. The molecule has 1 aliphatic rings. The van der Waals surface area contributed by atoms with Crippen LogP contribution in [0.2, 0.25) is 0 Å². The van der Waals surface area contributed by atoms with Crippen LogP contribution in [-0.4, -0.2) is 52.0 Å². The van der Waals surface area contributed by atoms with Crippen LogP contribution < -0.4 is 5.32 Å². The number of rotatable bonds is 5. The minimum atomic E-state index is -0.423. The van der Waals surface area contributed by atoms with Crippen LogP contribution in [0.5, 0.6) is 0 Å². The lowest BCUT2D eigenvalue weighted by Crippen LogP contribution is -2.33. The van der Waals surface area contributed by atoms with Crippen molar-refractivity contribution in [2.75, 3.05) is 32.1 Å². The summed E-state index contributed by atoms with van der Waals surface area (Å²) < 4.78 is 6.36. The first kappa shape index (κ1) is 16.0. The van der Waals surface area contributed by atoms with Crippen molar-refractivity contribution in [3.05, 3.63) is 46.0 Å². The molecule has 0 spiro atoms. The molecule has 0 aromatic carbocycles. The zero-order valence-electron chi connectivity index (χ0n) is 13.9. The largest absolute Gasteiger partial charge is 0.464 e. The SMILES string of the molecule is COC(=O)c1cnc2nc(NCCN3CCc4sccc4C3)ccn12. The number of imidazole rings is 1. The summed E-state index contributed by atoms with van der Waals surface area (Å²) in [6, 6.07) is 4.07. The number of fused-ring (bicyclic) bond motifs is 2. The predicted octanol–water partition coefficient (Wildman–Crippen LogP) is 2.05. The Morgan fingerprint density at radius 1 is 1.44 bits per heavy atom. The zero-order chi connectivity index (χ0) is 17.2. The van der Waals surface area contributed by atoms with E-state index >= 15 is 0 Å². The summed E-state index contributed by atoms with van der Waals surface area (Å²) >= 11 is 1.86. The van der Waals surface area contributed by atoms with Gasteiger partial charge in [0, 0.05) is 37.3 Å². The van der Waals surface area contributed by atoms with E-state index in [1.807, 2.05) is 17.4 Å². The molecule has 0 saturated carbocycles. The second-order valence-corrected chi connectivity index (χ2v) is 6.94. The van der Waals surface area contributed by atoms with Crippen LogP contribution in [0.4, 0.5) is 5.82 Å². The van der Waals surface area contributed by atoms with Crippen LogP contribution in [0.3, 0.4) is 0 Å². The molecule has 4 heterocycles. The molecule has 0 fully saturated rings. The van der Waals surface area contributed by atoms with Crippen molar-refractivity contribution in [3.63, 3.8) is 0 Å². The van der Waals surface area contributed by atoms with Crippen molar-refractivity contribution in [2.45, 2.75) is 13.0 Å². The highest BCUT2D eigenvalue weighted by Gasteiger charge is 2.17. The molecule has 8 heteroatoms. The third-order valence-electron chi connectivity index (χ3n) is 4.39. The van der Waals surface area contributed by atoms with Gasteiger partial charge in [-0.15, -0.1) is 11.3 Å². The first-order valence-corrected chi connectivity index (χ1v) is 9.06. The van der Waals surface area contributed by atoms with Gasteiger partial charge in [-0.05, 0) is 29.5 Å². The molecular formula is C17H19N5O2S. The molecule has 130 valence electrons. The maximum Gasteiger partial charge on any atom is 0.356 e. The highest BCUT2D eigenvalue weighted by atomic mass is 32.1. The van der Waals surface area contributed by atoms with E-state index in [-0.39, 0.29) is 0 Å². The number of hydrogen-bond donors (Lipinski definition) is 1. The summed E-state index contributed by atoms with van der Waals surface area (Å²) in [5.74, 6) is 0.807. The summed E-state index contributed by atoms with van der Waals surface area (Å²) in [6.45, 7) is 3.90. The van der Waals surface area contributed by atoms with Gasteiger partial charge in [-0.25, -0.2) is 9.78 Å². The fourth-order valence-electron chi connectivity index (χ4n) is 3.06. The van der Waals surface area contributed by atoms with Gasteiger partial charge in [-0.3, -0.25) is 9.30 Å². The number of nitrogens with zero attached hydrogens (tertiary/aromatic N) is 4. The summed E-state index contributed by atoms with van der Waals surface area (Å²) in [7, 11) is 1.35. The maximum atomic E-state index is 11.7. The van der Waals surface area contributed by atoms with E-state index in [1.54, 1.807) is 10.6 Å². The van der Waals surface area contributed by atoms with Crippen molar-refractivity contribution in [1.29, 1.82) is 0 Å². The number of anilines is 1. The molecule has 0 unspecified atom stereocenters. The first-order chi connectivity index (χ1) is 12.2. The minimum Gasteiger partial charge on any atom is -0.464 e. The third-order valence-corrected chi connectivity index (χ3v) is 5.42. The number of nitrogens with one attached hydrogen (secondary N) is 1. The van der Waals surface area contributed by atoms with E-state index in [2.05, 4.69) is 31.6 Å². The van der Waals surface area contributed by atoms with Gasteiger partial charge in [0.05, 0.1) is 13.3 Å². The normalized spacial score (nSPS) is 14.4. The molecule has 4 rings (SSSR count). The van der Waals surface area contributed by atoms with Crippen molar-refractivity contribution >= 4 is 28.9 Å². The van der Waals surface area contributed by atoms with Crippen molar-refractivity contribution < 1.29 is 9.53 Å². The molecule has 1 aliphatic heterocycles. The van der Waals surface area contributed by atoms with E-state index in [9.17, 15) is 4.79 Å². The van der Waals surface area contributed by atoms with E-state index in [0.717, 1.165) is 38.4 Å². The smallest absolute Gasteiger partial charge is 0.356 e. The highest BCUT2D eigenvalue weighted by molar-refractivity contribution is 7.10. The second kappa shape index (κ2) is 6.81. The monoisotopic (exact) mass is 357 g/mol. The van der Waals surface area contributed by atoms with Crippen molar-refractivity contribution in [3.8, 4) is 0 Å². The summed E-state index contributed by atoms with van der Waals surface area (Å²) in [4.78, 5) is 24.2. The van der Waals surface area contributed by atoms with Gasteiger partial charge in [-0.1, -0.05) is 0 Å². The van der Waals surface area contributed by atoms with Crippen molar-refractivity contribution in [2.24, 2.45) is 0 Å². The topological polar surface area (TPSA) is 71.8 Å². The molecule has 0 atom stereocenters. The minimum absolute atomic E-state index is 0.372. The van der Waals surface area contributed by atoms with Gasteiger partial charge in [-0.2, -0.15) is 4.98 Å². The van der Waals surface area contributed by atoms with Crippen LogP contribution in [0.25, 0.3) is 5.78 Å². The van der Waals surface area contributed by atoms with Gasteiger partial charge in [0.25, 0.3) is 0 Å². The van der Waals surface area contributed by atoms with E-state index in [1.165, 1.54) is 23.7 Å². The van der Waals surface area contributed by atoms with Gasteiger partial charge in [0.2, 0.25) is 5.78 Å². The lowest BCUT2D eigenvalue weighted by molar-refractivity contribution is 0.0593. The summed E-state index contributed by atoms with van der Waals surface area (Å²) in [6.07, 6.45) is 4.40. The Kier molecular flexibility index (Phi) is 4.37. The Balaban J connectivity index is 1.36. The molecule has 0 radical (unpaired) electrons. The van der Waals surface area contributed by atoms with Gasteiger partial charge in [0.1, 0.15) is 5.82 Å². The molecule has 1 N–H and O–H groups in total. The van der Waals surface area contributed by atoms with E-state index in [0.29, 0.717) is 11.5 Å². The lowest BCUT2D eigenvalue weighted by atomic mass is 10.1. The number of aromatic nitrogens is 3. The number of carbonyl (C=O) groups excluding carboxylic acids is 1. The second-order valence-electron chi connectivity index (χ2n) is 5.94. The van der Waals surface area contributed by atoms with Gasteiger partial charge < -0.3 is 10.1 Å². The van der Waals surface area contributed by atoms with Crippen LogP contribution >= 0.6 is 11.3 Å². The maximum absolute atomic E-state index is 11.7. The molecule has 0 saturated heterocycles. The highest BCUT2D eigenvalue weighted by Crippen LogP contribution is 2.23. The van der Waals surface area contributed by atoms with Gasteiger partial charge in [0.15, 0.2) is 5.69 Å². The van der Waals surface area contributed by atoms with Gasteiger partial charge >= 0.3 is 5.97 Å². The van der Waals surface area contributed by atoms with Crippen molar-refractivity contribution in [1.82, 2.24) is 19.3 Å². The number of methoxy groups -OCH3 is 1. The Morgan fingerprint density at radius 3 is 3.24 bits per heavy atom. The Bertz CT molecular complexity index is 903. The molecular weight excluding hydrogens is 338 g/mol. The average Bonchev–Trinajstić information content (AvgIpc) is 3.27. The van der Waals surface area contributed by atoms with Crippen LogP contribution in [0.1, 0.15) is 20.9 Å². The third kappa shape index (κ3) is 3.22. The predicted molar refractivity (Wildman–Crippen MR) is 96.1 cm³/mol. The molecule has 0 aliphatic carbocycles. The first-order valence-electron chi connectivity index (χ1n) is 8.18. The lowest BCUT2D eigenvalue weighted by Gasteiger charge is -2.26. The standard InChI is InChI=1S/C17H19N5O2S/c1-24-16(23)13-10-19-17-20-15(3-7-22(13)17)18-5-8-21-6-2-14-12(11-21)4-9-25-14/h3-4,7,9-10H,2,5-6,8,11H2,1H3,(H,18,19,20). The molecule has 0 bridgehead atoms. The summed E-state index contributed by atoms with van der Waals surface area (Å²) in [5, 5.41) is 5.51. The van der Waals surface area contributed by atoms with Crippen LogP contribution in [-0.2, 0) is 17.7 Å². The molecule has 0 amide bonds. The van der Waals surface area contributed by atoms with Crippen LogP contribution in [0.15, 0.2) is 29.9 Å².